The summed E-state index contributed by atoms with van der Waals surface area (Å²) in [5, 5.41) is 14.4. The van der Waals surface area contributed by atoms with Crippen LogP contribution in [0.4, 0.5) is 5.69 Å². The van der Waals surface area contributed by atoms with Gasteiger partial charge in [0.05, 0.1) is 10.5 Å². The Hall–Kier alpha value is -2.09. The Bertz CT molecular complexity index is 766. The summed E-state index contributed by atoms with van der Waals surface area (Å²) < 4.78 is 0. The maximum Gasteiger partial charge on any atom is 0.270 e. The van der Waals surface area contributed by atoms with Gasteiger partial charge in [-0.2, -0.15) is 0 Å². The maximum absolute atomic E-state index is 13.0. The molecule has 0 aliphatic carbocycles. The van der Waals surface area contributed by atoms with Gasteiger partial charge in [-0.15, -0.1) is 12.4 Å². The SMILES string of the molecule is Cl.O=C(c1cc([N+](=O)[O-])ccc1Sc1ccccc1)N1CCCNCC1. The van der Waals surface area contributed by atoms with Crippen molar-refractivity contribution in [2.24, 2.45) is 0 Å². The number of non-ortho nitro benzene ring substituents is 1. The molecule has 1 amide bonds. The van der Waals surface area contributed by atoms with Crippen LogP contribution >= 0.6 is 24.2 Å². The van der Waals surface area contributed by atoms with Gasteiger partial charge in [0.15, 0.2) is 0 Å². The van der Waals surface area contributed by atoms with Crippen LogP contribution in [0.15, 0.2) is 58.3 Å². The van der Waals surface area contributed by atoms with E-state index in [0.717, 1.165) is 29.3 Å². The monoisotopic (exact) mass is 393 g/mol. The first-order chi connectivity index (χ1) is 12.1. The summed E-state index contributed by atoms with van der Waals surface area (Å²) in [4.78, 5) is 27.2. The van der Waals surface area contributed by atoms with Gasteiger partial charge in [0.25, 0.3) is 11.6 Å². The maximum atomic E-state index is 13.0. The minimum Gasteiger partial charge on any atom is -0.337 e. The smallest absolute Gasteiger partial charge is 0.270 e. The number of benzene rings is 2. The number of nitrogens with one attached hydrogen (secondary N) is 1. The number of nitro benzene ring substituents is 1. The number of carbonyl (C=O) groups excluding carboxylic acids is 1. The van der Waals surface area contributed by atoms with Crippen molar-refractivity contribution >= 4 is 35.8 Å². The van der Waals surface area contributed by atoms with E-state index in [1.807, 2.05) is 30.3 Å². The van der Waals surface area contributed by atoms with Crippen LogP contribution < -0.4 is 5.32 Å². The van der Waals surface area contributed by atoms with Crippen LogP contribution in [-0.2, 0) is 0 Å². The van der Waals surface area contributed by atoms with Gasteiger partial charge in [-0.3, -0.25) is 14.9 Å². The van der Waals surface area contributed by atoms with E-state index in [-0.39, 0.29) is 24.0 Å². The highest BCUT2D eigenvalue weighted by molar-refractivity contribution is 7.99. The Morgan fingerprint density at radius 2 is 1.88 bits per heavy atom. The Labute approximate surface area is 162 Å². The van der Waals surface area contributed by atoms with Gasteiger partial charge >= 0.3 is 0 Å². The normalized spacial score (nSPS) is 14.2. The highest BCUT2D eigenvalue weighted by Gasteiger charge is 2.23. The van der Waals surface area contributed by atoms with Crippen LogP contribution in [0, 0.1) is 10.1 Å². The van der Waals surface area contributed by atoms with Gasteiger partial charge in [0.2, 0.25) is 0 Å². The third-order valence-electron chi connectivity index (χ3n) is 4.00. The van der Waals surface area contributed by atoms with E-state index in [9.17, 15) is 14.9 Å². The summed E-state index contributed by atoms with van der Waals surface area (Å²) >= 11 is 1.45. The van der Waals surface area contributed by atoms with Crippen LogP contribution in [0.1, 0.15) is 16.8 Å². The second kappa shape index (κ2) is 9.56. The molecular weight excluding hydrogens is 374 g/mol. The van der Waals surface area contributed by atoms with Crippen LogP contribution in [0.3, 0.4) is 0 Å². The zero-order chi connectivity index (χ0) is 17.6. The van der Waals surface area contributed by atoms with E-state index in [2.05, 4.69) is 5.32 Å². The van der Waals surface area contributed by atoms with Crippen molar-refractivity contribution in [3.63, 3.8) is 0 Å². The molecule has 1 heterocycles. The van der Waals surface area contributed by atoms with Gasteiger partial charge in [-0.1, -0.05) is 30.0 Å². The number of amides is 1. The second-order valence-corrected chi connectivity index (χ2v) is 6.86. The van der Waals surface area contributed by atoms with E-state index < -0.39 is 4.92 Å². The van der Waals surface area contributed by atoms with Crippen LogP contribution in [0.2, 0.25) is 0 Å². The average Bonchev–Trinajstić information content (AvgIpc) is 2.91. The Morgan fingerprint density at radius 1 is 1.12 bits per heavy atom. The summed E-state index contributed by atoms with van der Waals surface area (Å²) in [7, 11) is 0. The number of hydrogen-bond acceptors (Lipinski definition) is 5. The minimum atomic E-state index is -0.461. The molecule has 1 N–H and O–H groups in total. The van der Waals surface area contributed by atoms with Crippen LogP contribution in [0.5, 0.6) is 0 Å². The topological polar surface area (TPSA) is 75.5 Å². The molecule has 1 fully saturated rings. The molecule has 3 rings (SSSR count). The molecule has 26 heavy (non-hydrogen) atoms. The van der Waals surface area contributed by atoms with Crippen molar-refractivity contribution in [2.75, 3.05) is 26.2 Å². The first kappa shape index (κ1) is 20.2. The first-order valence-corrected chi connectivity index (χ1v) is 8.98. The lowest BCUT2D eigenvalue weighted by molar-refractivity contribution is -0.384. The van der Waals surface area contributed by atoms with E-state index >= 15 is 0 Å². The Kier molecular flexibility index (Phi) is 7.44. The van der Waals surface area contributed by atoms with Gasteiger partial charge < -0.3 is 10.2 Å². The van der Waals surface area contributed by atoms with Crippen LogP contribution in [0.25, 0.3) is 0 Å². The fourth-order valence-corrected chi connectivity index (χ4v) is 3.66. The number of rotatable bonds is 4. The molecule has 0 spiro atoms. The molecule has 0 aromatic heterocycles. The number of nitro groups is 1. The van der Waals surface area contributed by atoms with Crippen molar-refractivity contribution in [2.45, 2.75) is 16.2 Å². The molecule has 1 saturated heterocycles. The molecule has 0 atom stereocenters. The van der Waals surface area contributed by atoms with Crippen molar-refractivity contribution in [1.82, 2.24) is 10.2 Å². The molecule has 2 aromatic rings. The summed E-state index contributed by atoms with van der Waals surface area (Å²) in [5.41, 5.74) is 0.332. The van der Waals surface area contributed by atoms with Crippen molar-refractivity contribution in [1.29, 1.82) is 0 Å². The summed E-state index contributed by atoms with van der Waals surface area (Å²) in [6.07, 6.45) is 0.877. The van der Waals surface area contributed by atoms with Crippen LogP contribution in [-0.4, -0.2) is 41.9 Å². The molecule has 0 radical (unpaired) electrons. The molecular formula is C18H20ClN3O3S. The predicted octanol–water partition coefficient (Wildman–Crippen LogP) is 3.60. The van der Waals surface area contributed by atoms with E-state index in [4.69, 9.17) is 0 Å². The van der Waals surface area contributed by atoms with Crippen molar-refractivity contribution < 1.29 is 9.72 Å². The van der Waals surface area contributed by atoms with Crippen molar-refractivity contribution in [3.8, 4) is 0 Å². The van der Waals surface area contributed by atoms with Gasteiger partial charge in [0, 0.05) is 41.6 Å². The number of hydrogen-bond donors (Lipinski definition) is 1. The van der Waals surface area contributed by atoms with E-state index in [0.29, 0.717) is 18.7 Å². The van der Waals surface area contributed by atoms with E-state index in [1.54, 1.807) is 11.0 Å². The minimum absolute atomic E-state index is 0. The lowest BCUT2D eigenvalue weighted by Crippen LogP contribution is -2.34. The number of carbonyl (C=O) groups is 1. The lowest BCUT2D eigenvalue weighted by atomic mass is 10.1. The quantitative estimate of drug-likeness (QED) is 0.634. The largest absolute Gasteiger partial charge is 0.337 e. The summed E-state index contributed by atoms with van der Waals surface area (Å²) in [6, 6.07) is 14.2. The number of nitrogens with zero attached hydrogens (tertiary/aromatic N) is 2. The third kappa shape index (κ3) is 4.97. The second-order valence-electron chi connectivity index (χ2n) is 5.75. The summed E-state index contributed by atoms with van der Waals surface area (Å²) in [5.74, 6) is -0.147. The zero-order valence-electron chi connectivity index (χ0n) is 14.1. The number of halogens is 1. The molecule has 8 heteroatoms. The molecule has 0 unspecified atom stereocenters. The van der Waals surface area contributed by atoms with Gasteiger partial charge in [-0.05, 0) is 31.2 Å². The lowest BCUT2D eigenvalue weighted by Gasteiger charge is -2.21. The predicted molar refractivity (Wildman–Crippen MR) is 104 cm³/mol. The molecule has 1 aliphatic rings. The van der Waals surface area contributed by atoms with Gasteiger partial charge in [-0.25, -0.2) is 0 Å². The molecule has 138 valence electrons. The third-order valence-corrected chi connectivity index (χ3v) is 5.09. The summed E-state index contributed by atoms with van der Waals surface area (Å²) in [6.45, 7) is 2.88. The molecule has 0 bridgehead atoms. The highest BCUT2D eigenvalue weighted by Crippen LogP contribution is 2.33. The first-order valence-electron chi connectivity index (χ1n) is 8.16. The fourth-order valence-electron chi connectivity index (χ4n) is 2.72. The molecule has 6 nitrogen and oxygen atoms in total. The molecule has 1 aliphatic heterocycles. The standard InChI is InChI=1S/C18H19N3O3S.ClH/c22-18(20-11-4-9-19-10-12-20)16-13-14(21(23)24)7-8-17(16)25-15-5-2-1-3-6-15;/h1-3,5-8,13,19H,4,9-12H2;1H. The zero-order valence-corrected chi connectivity index (χ0v) is 15.7. The van der Waals surface area contributed by atoms with Gasteiger partial charge in [0.1, 0.15) is 0 Å². The van der Waals surface area contributed by atoms with E-state index in [1.165, 1.54) is 23.9 Å². The fraction of sp³-hybridized carbons (Fsp3) is 0.278. The average molecular weight is 394 g/mol. The highest BCUT2D eigenvalue weighted by atomic mass is 35.5. The Morgan fingerprint density at radius 3 is 2.62 bits per heavy atom. The molecule has 2 aromatic carbocycles. The van der Waals surface area contributed by atoms with Crippen molar-refractivity contribution in [3.05, 3.63) is 64.2 Å². The molecule has 0 saturated carbocycles. The Balaban J connectivity index is 0.00000243.